The van der Waals surface area contributed by atoms with Gasteiger partial charge in [-0.3, -0.25) is 0 Å². The lowest BCUT2D eigenvalue weighted by molar-refractivity contribution is -0.0831. The molecule has 3 N–H and O–H groups in total. The van der Waals surface area contributed by atoms with E-state index in [1.54, 1.807) is 0 Å². The lowest BCUT2D eigenvalue weighted by Crippen LogP contribution is -2.65. The number of hydrogen-bond acceptors (Lipinski definition) is 4. The minimum atomic E-state index is -2.91. The van der Waals surface area contributed by atoms with Gasteiger partial charge in [0, 0.05) is 5.54 Å². The summed E-state index contributed by atoms with van der Waals surface area (Å²) in [5, 5.41) is 10.9. The number of sulfone groups is 1. The van der Waals surface area contributed by atoms with Crippen LogP contribution in [0.1, 0.15) is 38.5 Å². The van der Waals surface area contributed by atoms with Crippen molar-refractivity contribution in [2.24, 2.45) is 17.6 Å². The molecule has 4 nitrogen and oxygen atoms in total. The van der Waals surface area contributed by atoms with Crippen molar-refractivity contribution in [3.8, 4) is 0 Å². The van der Waals surface area contributed by atoms with Crippen molar-refractivity contribution >= 4 is 9.84 Å². The van der Waals surface area contributed by atoms with Crippen LogP contribution in [-0.4, -0.2) is 36.2 Å². The molecule has 3 aliphatic rings. The summed E-state index contributed by atoms with van der Waals surface area (Å²) in [5.74, 6) is 1.20. The van der Waals surface area contributed by atoms with Gasteiger partial charge >= 0.3 is 0 Å². The van der Waals surface area contributed by atoms with Crippen molar-refractivity contribution in [2.45, 2.75) is 49.7 Å². The summed E-state index contributed by atoms with van der Waals surface area (Å²) in [6.45, 7) is 0. The van der Waals surface area contributed by atoms with Crippen LogP contribution in [-0.2, 0) is 9.84 Å². The average molecular weight is 259 g/mol. The van der Waals surface area contributed by atoms with Crippen LogP contribution in [0.5, 0.6) is 0 Å². The molecule has 1 saturated heterocycles. The van der Waals surface area contributed by atoms with Gasteiger partial charge in [0.2, 0.25) is 0 Å². The average Bonchev–Trinajstić information content (AvgIpc) is 2.83. The minimum absolute atomic E-state index is 0.142. The van der Waals surface area contributed by atoms with Gasteiger partial charge in [0.25, 0.3) is 0 Å². The summed E-state index contributed by atoms with van der Waals surface area (Å²) < 4.78 is 23.0. The summed E-state index contributed by atoms with van der Waals surface area (Å²) in [6.07, 6.45) is 4.99. The van der Waals surface area contributed by atoms with Crippen molar-refractivity contribution in [3.05, 3.63) is 0 Å². The molecule has 1 heterocycles. The van der Waals surface area contributed by atoms with Gasteiger partial charge in [-0.25, -0.2) is 8.42 Å². The van der Waals surface area contributed by atoms with Gasteiger partial charge < -0.3 is 10.8 Å². The molecule has 3 fully saturated rings. The predicted octanol–water partition coefficient (Wildman–Crippen LogP) is 0.444. The van der Waals surface area contributed by atoms with Crippen LogP contribution >= 0.6 is 0 Å². The summed E-state index contributed by atoms with van der Waals surface area (Å²) in [7, 11) is -2.91. The smallest absolute Gasteiger partial charge is 0.150 e. The van der Waals surface area contributed by atoms with Crippen molar-refractivity contribution < 1.29 is 13.5 Å². The van der Waals surface area contributed by atoms with Crippen LogP contribution in [0, 0.1) is 11.8 Å². The Bertz CT molecular complexity index is 419. The number of nitrogens with two attached hydrogens (primary N) is 1. The summed E-state index contributed by atoms with van der Waals surface area (Å²) >= 11 is 0. The molecule has 0 aromatic carbocycles. The second-order valence-corrected chi connectivity index (χ2v) is 8.62. The maximum atomic E-state index is 11.5. The Balaban J connectivity index is 1.84. The largest absolute Gasteiger partial charge is 0.388 e. The Morgan fingerprint density at radius 1 is 1.18 bits per heavy atom. The molecular weight excluding hydrogens is 238 g/mol. The molecule has 3 rings (SSSR count). The summed E-state index contributed by atoms with van der Waals surface area (Å²) in [6, 6.07) is 0. The Morgan fingerprint density at radius 3 is 2.29 bits per heavy atom. The zero-order chi connectivity index (χ0) is 12.3. The van der Waals surface area contributed by atoms with Gasteiger partial charge in [-0.05, 0) is 50.4 Å². The third-order valence-electron chi connectivity index (χ3n) is 5.40. The Kier molecular flexibility index (Phi) is 2.42. The third-order valence-corrected chi connectivity index (χ3v) is 7.05. The molecular formula is C12H21NO3S. The van der Waals surface area contributed by atoms with Crippen LogP contribution in [0.2, 0.25) is 0 Å². The first-order valence-electron chi connectivity index (χ1n) is 6.56. The Morgan fingerprint density at radius 2 is 1.82 bits per heavy atom. The van der Waals surface area contributed by atoms with Crippen molar-refractivity contribution in [2.75, 3.05) is 11.5 Å². The zero-order valence-corrected chi connectivity index (χ0v) is 10.9. The van der Waals surface area contributed by atoms with Gasteiger partial charge in [-0.1, -0.05) is 0 Å². The molecule has 1 aliphatic heterocycles. The first-order valence-corrected chi connectivity index (χ1v) is 8.38. The molecule has 0 aromatic rings. The highest BCUT2D eigenvalue weighted by atomic mass is 32.2. The molecule has 0 radical (unpaired) electrons. The monoisotopic (exact) mass is 259 g/mol. The molecule has 0 amide bonds. The van der Waals surface area contributed by atoms with E-state index in [-0.39, 0.29) is 11.5 Å². The molecule has 0 spiro atoms. The SMILES string of the molecule is NC1(C2(O)CC3CCC2C3)CCS(=O)(=O)CC1. The van der Waals surface area contributed by atoms with Crippen molar-refractivity contribution in [1.82, 2.24) is 0 Å². The Labute approximate surface area is 102 Å². The summed E-state index contributed by atoms with van der Waals surface area (Å²) in [5.41, 5.74) is 4.92. The molecule has 2 bridgehead atoms. The Hall–Kier alpha value is -0.130. The number of fused-ring (bicyclic) bond motifs is 2. The van der Waals surface area contributed by atoms with E-state index >= 15 is 0 Å². The van der Waals surface area contributed by atoms with E-state index in [1.165, 1.54) is 6.42 Å². The number of hydrogen-bond donors (Lipinski definition) is 2. The van der Waals surface area contributed by atoms with Crippen LogP contribution in [0.3, 0.4) is 0 Å². The van der Waals surface area contributed by atoms with E-state index in [1.807, 2.05) is 0 Å². The maximum Gasteiger partial charge on any atom is 0.150 e. The molecule has 5 heteroatoms. The van der Waals surface area contributed by atoms with E-state index in [9.17, 15) is 13.5 Å². The van der Waals surface area contributed by atoms with Crippen molar-refractivity contribution in [3.63, 3.8) is 0 Å². The molecule has 2 saturated carbocycles. The fraction of sp³-hybridized carbons (Fsp3) is 1.00. The van der Waals surface area contributed by atoms with E-state index in [2.05, 4.69) is 0 Å². The topological polar surface area (TPSA) is 80.4 Å². The third kappa shape index (κ3) is 1.66. The molecule has 17 heavy (non-hydrogen) atoms. The van der Waals surface area contributed by atoms with Crippen LogP contribution in [0.4, 0.5) is 0 Å². The van der Waals surface area contributed by atoms with Gasteiger partial charge in [-0.15, -0.1) is 0 Å². The fourth-order valence-electron chi connectivity index (χ4n) is 4.25. The second kappa shape index (κ2) is 3.45. The first kappa shape index (κ1) is 11.9. The first-order chi connectivity index (χ1) is 7.85. The quantitative estimate of drug-likeness (QED) is 0.716. The number of aliphatic hydroxyl groups is 1. The van der Waals surface area contributed by atoms with Crippen LogP contribution in [0.15, 0.2) is 0 Å². The van der Waals surface area contributed by atoms with Crippen LogP contribution in [0.25, 0.3) is 0 Å². The molecule has 3 unspecified atom stereocenters. The fourth-order valence-corrected chi connectivity index (χ4v) is 5.80. The van der Waals surface area contributed by atoms with Gasteiger partial charge in [0.15, 0.2) is 0 Å². The van der Waals surface area contributed by atoms with Gasteiger partial charge in [-0.2, -0.15) is 0 Å². The van der Waals surface area contributed by atoms with E-state index in [0.717, 1.165) is 19.3 Å². The highest BCUT2D eigenvalue weighted by molar-refractivity contribution is 7.91. The molecule has 0 aromatic heterocycles. The van der Waals surface area contributed by atoms with Gasteiger partial charge in [0.1, 0.15) is 9.84 Å². The molecule has 2 aliphatic carbocycles. The lowest BCUT2D eigenvalue weighted by atomic mass is 9.67. The highest BCUT2D eigenvalue weighted by Crippen LogP contribution is 2.56. The highest BCUT2D eigenvalue weighted by Gasteiger charge is 2.60. The molecule has 98 valence electrons. The standard InChI is InChI=1S/C12H21NO3S/c13-11(3-5-17(15,16)6-4-11)12(14)8-9-1-2-10(12)7-9/h9-10,14H,1-8,13H2. The number of rotatable bonds is 1. The van der Waals surface area contributed by atoms with Crippen LogP contribution < -0.4 is 5.73 Å². The minimum Gasteiger partial charge on any atom is -0.388 e. The van der Waals surface area contributed by atoms with E-state index in [4.69, 9.17) is 5.73 Å². The normalized spacial score (nSPS) is 47.2. The maximum absolute atomic E-state index is 11.5. The second-order valence-electron chi connectivity index (χ2n) is 6.31. The van der Waals surface area contributed by atoms with E-state index < -0.39 is 21.0 Å². The lowest BCUT2D eigenvalue weighted by Gasteiger charge is -2.49. The van der Waals surface area contributed by atoms with Gasteiger partial charge in [0.05, 0.1) is 17.1 Å². The predicted molar refractivity (Wildman–Crippen MR) is 65.2 cm³/mol. The van der Waals surface area contributed by atoms with E-state index in [0.29, 0.717) is 24.7 Å². The summed E-state index contributed by atoms with van der Waals surface area (Å²) in [4.78, 5) is 0. The van der Waals surface area contributed by atoms with Crippen molar-refractivity contribution in [1.29, 1.82) is 0 Å². The molecule has 3 atom stereocenters. The zero-order valence-electron chi connectivity index (χ0n) is 10.1.